The molecule has 0 aliphatic rings. The van der Waals surface area contributed by atoms with E-state index in [9.17, 15) is 4.79 Å². The van der Waals surface area contributed by atoms with Gasteiger partial charge in [0.25, 0.3) is 0 Å². The van der Waals surface area contributed by atoms with Crippen molar-refractivity contribution in [3.8, 4) is 0 Å². The quantitative estimate of drug-likeness (QED) is 0.647. The molecule has 0 heterocycles. The number of nitrogens with one attached hydrogen (secondary N) is 1. The average molecular weight is 303 g/mol. The van der Waals surface area contributed by atoms with E-state index in [-0.39, 0.29) is 10.6 Å². The molecule has 21 heavy (non-hydrogen) atoms. The number of carbonyl (C=O) groups is 1. The molecule has 0 spiro atoms. The van der Waals surface area contributed by atoms with Gasteiger partial charge in [-0.25, -0.2) is 4.79 Å². The van der Waals surface area contributed by atoms with Crippen LogP contribution in [0.4, 0.5) is 5.69 Å². The van der Waals surface area contributed by atoms with Crippen LogP contribution >= 0.6 is 11.6 Å². The van der Waals surface area contributed by atoms with E-state index in [4.69, 9.17) is 16.7 Å². The topological polar surface area (TPSA) is 61.7 Å². The summed E-state index contributed by atoms with van der Waals surface area (Å²) < 4.78 is 0. The number of carboxylic acids is 1. The summed E-state index contributed by atoms with van der Waals surface area (Å²) in [5.41, 5.74) is 5.64. The van der Waals surface area contributed by atoms with Gasteiger partial charge in [-0.1, -0.05) is 42.8 Å². The normalized spacial score (nSPS) is 10.8. The maximum Gasteiger partial charge on any atom is 0.337 e. The lowest BCUT2D eigenvalue weighted by Crippen LogP contribution is -1.99. The Labute approximate surface area is 128 Å². The molecular weight excluding hydrogens is 288 g/mol. The average Bonchev–Trinajstić information content (AvgIpc) is 2.49. The zero-order valence-electron chi connectivity index (χ0n) is 11.5. The van der Waals surface area contributed by atoms with Gasteiger partial charge < -0.3 is 5.11 Å². The van der Waals surface area contributed by atoms with Crippen LogP contribution in [-0.2, 0) is 6.42 Å². The van der Waals surface area contributed by atoms with Crippen molar-refractivity contribution in [1.82, 2.24) is 0 Å². The van der Waals surface area contributed by atoms with Crippen LogP contribution in [0.1, 0.15) is 28.4 Å². The smallest absolute Gasteiger partial charge is 0.337 e. The predicted molar refractivity (Wildman–Crippen MR) is 85.4 cm³/mol. The highest BCUT2D eigenvalue weighted by Gasteiger charge is 2.08. The third-order valence-electron chi connectivity index (χ3n) is 2.99. The Balaban J connectivity index is 2.06. The fraction of sp³-hybridized carbons (Fsp3) is 0.125. The molecule has 2 N–H and O–H groups in total. The van der Waals surface area contributed by atoms with Crippen molar-refractivity contribution in [2.24, 2.45) is 5.10 Å². The molecule has 0 fully saturated rings. The van der Waals surface area contributed by atoms with E-state index in [2.05, 4.69) is 17.5 Å². The van der Waals surface area contributed by atoms with E-state index >= 15 is 0 Å². The van der Waals surface area contributed by atoms with Crippen LogP contribution in [0.15, 0.2) is 47.6 Å². The molecule has 0 unspecified atom stereocenters. The summed E-state index contributed by atoms with van der Waals surface area (Å²) in [6.07, 6.45) is 2.67. The number of hydrogen-bond acceptors (Lipinski definition) is 3. The molecule has 4 nitrogen and oxygen atoms in total. The molecule has 0 aliphatic heterocycles. The van der Waals surface area contributed by atoms with Crippen LogP contribution in [-0.4, -0.2) is 17.3 Å². The second kappa shape index (κ2) is 6.90. The van der Waals surface area contributed by atoms with Gasteiger partial charge in [-0.05, 0) is 35.7 Å². The fourth-order valence-electron chi connectivity index (χ4n) is 1.78. The first-order valence-corrected chi connectivity index (χ1v) is 6.89. The zero-order chi connectivity index (χ0) is 15.2. The standard InChI is InChI=1S/C16H15ClN2O2/c1-2-11-3-5-12(6-4-11)10-18-19-13-7-8-15(17)14(9-13)16(20)21/h3-10,19H,2H2,1H3,(H,20,21). The van der Waals surface area contributed by atoms with E-state index in [1.54, 1.807) is 12.3 Å². The van der Waals surface area contributed by atoms with E-state index in [1.807, 2.05) is 24.3 Å². The first kappa shape index (κ1) is 15.1. The molecule has 0 bridgehead atoms. The summed E-state index contributed by atoms with van der Waals surface area (Å²) in [4.78, 5) is 11.0. The van der Waals surface area contributed by atoms with Crippen LogP contribution in [0, 0.1) is 0 Å². The number of halogens is 1. The highest BCUT2D eigenvalue weighted by Crippen LogP contribution is 2.20. The van der Waals surface area contributed by atoms with Gasteiger partial charge in [0.05, 0.1) is 22.5 Å². The van der Waals surface area contributed by atoms with E-state index in [0.717, 1.165) is 12.0 Å². The number of hydrazone groups is 1. The number of aryl methyl sites for hydroxylation is 1. The van der Waals surface area contributed by atoms with Crippen molar-refractivity contribution in [1.29, 1.82) is 0 Å². The van der Waals surface area contributed by atoms with Gasteiger partial charge in [0.1, 0.15) is 0 Å². The third kappa shape index (κ3) is 4.07. The van der Waals surface area contributed by atoms with Gasteiger partial charge in [0, 0.05) is 0 Å². The predicted octanol–water partition coefficient (Wildman–Crippen LogP) is 4.05. The van der Waals surface area contributed by atoms with Gasteiger partial charge >= 0.3 is 5.97 Å². The van der Waals surface area contributed by atoms with Gasteiger partial charge in [0.2, 0.25) is 0 Å². The molecule has 0 saturated heterocycles. The number of rotatable bonds is 5. The Hall–Kier alpha value is -2.33. The second-order valence-corrected chi connectivity index (χ2v) is 4.87. The third-order valence-corrected chi connectivity index (χ3v) is 3.32. The molecule has 2 rings (SSSR count). The number of carboxylic acid groups (broad SMARTS) is 1. The minimum Gasteiger partial charge on any atom is -0.478 e. The molecule has 0 amide bonds. The summed E-state index contributed by atoms with van der Waals surface area (Å²) in [6, 6.07) is 12.7. The highest BCUT2D eigenvalue weighted by molar-refractivity contribution is 6.33. The summed E-state index contributed by atoms with van der Waals surface area (Å²) in [6.45, 7) is 2.10. The summed E-state index contributed by atoms with van der Waals surface area (Å²) in [5.74, 6) is -1.07. The fourth-order valence-corrected chi connectivity index (χ4v) is 1.98. The van der Waals surface area contributed by atoms with Gasteiger partial charge in [-0.2, -0.15) is 5.10 Å². The van der Waals surface area contributed by atoms with Crippen LogP contribution in [0.25, 0.3) is 0 Å². The molecule has 2 aromatic rings. The Morgan fingerprint density at radius 2 is 2.00 bits per heavy atom. The lowest BCUT2D eigenvalue weighted by molar-refractivity contribution is 0.0697. The molecule has 0 radical (unpaired) electrons. The summed E-state index contributed by atoms with van der Waals surface area (Å²) in [7, 11) is 0. The molecule has 108 valence electrons. The monoisotopic (exact) mass is 302 g/mol. The zero-order valence-corrected chi connectivity index (χ0v) is 12.3. The number of aromatic carboxylic acids is 1. The Bertz CT molecular complexity index is 666. The number of nitrogens with zero attached hydrogens (tertiary/aromatic N) is 1. The summed E-state index contributed by atoms with van der Waals surface area (Å²) in [5, 5.41) is 13.3. The molecule has 0 atom stereocenters. The molecule has 2 aromatic carbocycles. The largest absolute Gasteiger partial charge is 0.478 e. The van der Waals surface area contributed by atoms with Crippen LogP contribution in [0.3, 0.4) is 0 Å². The molecule has 0 aromatic heterocycles. The van der Waals surface area contributed by atoms with Crippen LogP contribution < -0.4 is 5.43 Å². The molecule has 5 heteroatoms. The lowest BCUT2D eigenvalue weighted by Gasteiger charge is -2.03. The van der Waals surface area contributed by atoms with Crippen molar-refractivity contribution in [2.45, 2.75) is 13.3 Å². The Morgan fingerprint density at radius 3 is 2.62 bits per heavy atom. The van der Waals surface area contributed by atoms with Crippen molar-refractivity contribution in [3.05, 3.63) is 64.2 Å². The van der Waals surface area contributed by atoms with Crippen molar-refractivity contribution in [2.75, 3.05) is 5.43 Å². The second-order valence-electron chi connectivity index (χ2n) is 4.46. The SMILES string of the molecule is CCc1ccc(C=NNc2ccc(Cl)c(C(=O)O)c2)cc1. The number of anilines is 1. The lowest BCUT2D eigenvalue weighted by atomic mass is 10.1. The van der Waals surface area contributed by atoms with E-state index < -0.39 is 5.97 Å². The molecular formula is C16H15ClN2O2. The first-order chi connectivity index (χ1) is 10.1. The number of benzene rings is 2. The van der Waals surface area contributed by atoms with E-state index in [1.165, 1.54) is 17.7 Å². The van der Waals surface area contributed by atoms with Gasteiger partial charge in [-0.3, -0.25) is 5.43 Å². The minimum atomic E-state index is -1.07. The Morgan fingerprint density at radius 1 is 1.29 bits per heavy atom. The maximum atomic E-state index is 11.0. The Kier molecular flexibility index (Phi) is 4.95. The van der Waals surface area contributed by atoms with E-state index in [0.29, 0.717) is 5.69 Å². The highest BCUT2D eigenvalue weighted by atomic mass is 35.5. The first-order valence-electron chi connectivity index (χ1n) is 6.51. The van der Waals surface area contributed by atoms with Gasteiger partial charge in [0.15, 0.2) is 0 Å². The van der Waals surface area contributed by atoms with Crippen molar-refractivity contribution >= 4 is 29.5 Å². The number of hydrogen-bond donors (Lipinski definition) is 2. The van der Waals surface area contributed by atoms with Gasteiger partial charge in [-0.15, -0.1) is 0 Å². The molecule has 0 saturated carbocycles. The van der Waals surface area contributed by atoms with Crippen molar-refractivity contribution < 1.29 is 9.90 Å². The molecule has 0 aliphatic carbocycles. The maximum absolute atomic E-state index is 11.0. The van der Waals surface area contributed by atoms with Crippen molar-refractivity contribution in [3.63, 3.8) is 0 Å². The minimum absolute atomic E-state index is 0.0455. The van der Waals surface area contributed by atoms with Crippen LogP contribution in [0.5, 0.6) is 0 Å². The van der Waals surface area contributed by atoms with Crippen LogP contribution in [0.2, 0.25) is 5.02 Å². The summed E-state index contributed by atoms with van der Waals surface area (Å²) >= 11 is 5.80.